The number of amides is 1. The second-order valence-electron chi connectivity index (χ2n) is 7.74. The van der Waals surface area contributed by atoms with Crippen LogP contribution < -0.4 is 5.32 Å². The van der Waals surface area contributed by atoms with E-state index in [2.05, 4.69) is 5.32 Å². The Morgan fingerprint density at radius 1 is 1.00 bits per heavy atom. The van der Waals surface area contributed by atoms with Crippen LogP contribution in [0.25, 0.3) is 16.9 Å². The summed E-state index contributed by atoms with van der Waals surface area (Å²) in [6.45, 7) is 6.24. The van der Waals surface area contributed by atoms with E-state index in [0.717, 1.165) is 28.0 Å². The number of aryl methyl sites for hydroxylation is 3. The maximum Gasteiger partial charge on any atom is 0.226 e. The summed E-state index contributed by atoms with van der Waals surface area (Å²) < 4.78 is 15.7. The third-order valence-electron chi connectivity index (χ3n) is 5.24. The second-order valence-corrected chi connectivity index (χ2v) is 7.74. The van der Waals surface area contributed by atoms with Crippen molar-refractivity contribution in [2.45, 2.75) is 33.7 Å². The summed E-state index contributed by atoms with van der Waals surface area (Å²) in [5.74, 6) is -0.338. The number of nitrogens with zero attached hydrogens (tertiary/aromatic N) is 2. The van der Waals surface area contributed by atoms with Crippen molar-refractivity contribution in [1.29, 1.82) is 0 Å². The molecule has 0 saturated carbocycles. The Bertz CT molecular complexity index is 1230. The molecule has 1 amide bonds. The highest BCUT2D eigenvalue weighted by atomic mass is 19.1. The fourth-order valence-corrected chi connectivity index (χ4v) is 3.51. The summed E-state index contributed by atoms with van der Waals surface area (Å²) in [4.78, 5) is 17.5. The number of pyridine rings is 1. The van der Waals surface area contributed by atoms with Crippen molar-refractivity contribution >= 4 is 11.6 Å². The van der Waals surface area contributed by atoms with Crippen LogP contribution in [0.3, 0.4) is 0 Å². The Morgan fingerprint density at radius 3 is 2.47 bits per heavy atom. The van der Waals surface area contributed by atoms with E-state index in [1.807, 2.05) is 60.8 Å². The second kappa shape index (κ2) is 8.11. The first-order chi connectivity index (χ1) is 14.4. The number of benzene rings is 2. The predicted molar refractivity (Wildman–Crippen MR) is 117 cm³/mol. The largest absolute Gasteiger partial charge is 0.352 e. The SMILES string of the molecule is Cc1ccc(CNC(=O)Cc2c(-c3ccc(F)c(C)c3)nc3ccc(C)cn23)cc1. The molecule has 1 N–H and O–H groups in total. The first-order valence-electron chi connectivity index (χ1n) is 9.97. The number of halogens is 1. The summed E-state index contributed by atoms with van der Waals surface area (Å²) in [6.07, 6.45) is 2.16. The fraction of sp³-hybridized carbons (Fsp3) is 0.200. The number of nitrogens with one attached hydrogen (secondary N) is 1. The van der Waals surface area contributed by atoms with Crippen molar-refractivity contribution in [3.05, 3.63) is 94.6 Å². The lowest BCUT2D eigenvalue weighted by Gasteiger charge is -2.09. The molecular weight excluding hydrogens is 377 g/mol. The minimum Gasteiger partial charge on any atom is -0.352 e. The van der Waals surface area contributed by atoms with Crippen molar-refractivity contribution in [3.8, 4) is 11.3 Å². The van der Waals surface area contributed by atoms with Gasteiger partial charge in [0.2, 0.25) is 5.91 Å². The molecule has 4 nitrogen and oxygen atoms in total. The fourth-order valence-electron chi connectivity index (χ4n) is 3.51. The van der Waals surface area contributed by atoms with Crippen molar-refractivity contribution in [1.82, 2.24) is 14.7 Å². The predicted octanol–water partition coefficient (Wildman–Crippen LogP) is 4.92. The van der Waals surface area contributed by atoms with E-state index in [9.17, 15) is 9.18 Å². The van der Waals surface area contributed by atoms with Crippen LogP contribution in [0.2, 0.25) is 0 Å². The van der Waals surface area contributed by atoms with E-state index >= 15 is 0 Å². The number of imidazole rings is 1. The Hall–Kier alpha value is -3.47. The van der Waals surface area contributed by atoms with Crippen LogP contribution in [-0.4, -0.2) is 15.3 Å². The molecule has 4 rings (SSSR count). The van der Waals surface area contributed by atoms with Gasteiger partial charge in [-0.3, -0.25) is 4.79 Å². The molecule has 0 unspecified atom stereocenters. The lowest BCUT2D eigenvalue weighted by molar-refractivity contribution is -0.120. The lowest BCUT2D eigenvalue weighted by atomic mass is 10.1. The molecule has 5 heteroatoms. The van der Waals surface area contributed by atoms with Gasteiger partial charge in [0.25, 0.3) is 0 Å². The molecule has 2 heterocycles. The van der Waals surface area contributed by atoms with E-state index in [1.54, 1.807) is 19.1 Å². The quantitative estimate of drug-likeness (QED) is 0.516. The molecule has 0 saturated heterocycles. The molecule has 0 atom stereocenters. The normalized spacial score (nSPS) is 11.1. The zero-order valence-electron chi connectivity index (χ0n) is 17.4. The van der Waals surface area contributed by atoms with Crippen molar-refractivity contribution < 1.29 is 9.18 Å². The molecule has 30 heavy (non-hydrogen) atoms. The van der Waals surface area contributed by atoms with Gasteiger partial charge in [-0.05, 0) is 61.7 Å². The van der Waals surface area contributed by atoms with Crippen LogP contribution >= 0.6 is 0 Å². The van der Waals surface area contributed by atoms with E-state index < -0.39 is 0 Å². The zero-order chi connectivity index (χ0) is 21.3. The van der Waals surface area contributed by atoms with E-state index in [1.165, 1.54) is 11.6 Å². The average molecular weight is 401 g/mol. The molecule has 2 aromatic carbocycles. The van der Waals surface area contributed by atoms with E-state index in [0.29, 0.717) is 17.8 Å². The maximum atomic E-state index is 13.8. The van der Waals surface area contributed by atoms with Crippen LogP contribution in [-0.2, 0) is 17.8 Å². The number of carbonyl (C=O) groups excluding carboxylic acids is 1. The highest BCUT2D eigenvalue weighted by Gasteiger charge is 2.18. The molecule has 0 aliphatic carbocycles. The molecule has 152 valence electrons. The summed E-state index contributed by atoms with van der Waals surface area (Å²) in [7, 11) is 0. The molecule has 4 aromatic rings. The third kappa shape index (κ3) is 4.10. The zero-order valence-corrected chi connectivity index (χ0v) is 17.4. The van der Waals surface area contributed by atoms with Gasteiger partial charge in [-0.1, -0.05) is 35.9 Å². The monoisotopic (exact) mass is 401 g/mol. The van der Waals surface area contributed by atoms with Crippen LogP contribution in [0.15, 0.2) is 60.8 Å². The molecular formula is C25H24FN3O. The number of hydrogen-bond donors (Lipinski definition) is 1. The minimum absolute atomic E-state index is 0.0843. The molecule has 0 spiro atoms. The Morgan fingerprint density at radius 2 is 1.73 bits per heavy atom. The van der Waals surface area contributed by atoms with Gasteiger partial charge < -0.3 is 9.72 Å². The first-order valence-corrected chi connectivity index (χ1v) is 9.97. The number of hydrogen-bond acceptors (Lipinski definition) is 2. The topological polar surface area (TPSA) is 46.4 Å². The van der Waals surface area contributed by atoms with Gasteiger partial charge in [0.15, 0.2) is 0 Å². The van der Waals surface area contributed by atoms with Crippen molar-refractivity contribution in [2.75, 3.05) is 0 Å². The number of aromatic nitrogens is 2. The van der Waals surface area contributed by atoms with Crippen LogP contribution in [0.1, 0.15) is 27.9 Å². The summed E-state index contributed by atoms with van der Waals surface area (Å²) in [6, 6.07) is 16.9. The molecule has 2 aromatic heterocycles. The van der Waals surface area contributed by atoms with Gasteiger partial charge >= 0.3 is 0 Å². The van der Waals surface area contributed by atoms with Gasteiger partial charge in [0.1, 0.15) is 11.5 Å². The smallest absolute Gasteiger partial charge is 0.226 e. The Balaban J connectivity index is 1.65. The van der Waals surface area contributed by atoms with Crippen LogP contribution in [0.5, 0.6) is 0 Å². The molecule has 0 aliphatic rings. The van der Waals surface area contributed by atoms with Gasteiger partial charge in [0, 0.05) is 18.3 Å². The summed E-state index contributed by atoms with van der Waals surface area (Å²) in [5, 5.41) is 3.00. The molecule has 0 radical (unpaired) electrons. The van der Waals surface area contributed by atoms with Crippen LogP contribution in [0, 0.1) is 26.6 Å². The van der Waals surface area contributed by atoms with Crippen molar-refractivity contribution in [2.24, 2.45) is 0 Å². The van der Waals surface area contributed by atoms with Crippen LogP contribution in [0.4, 0.5) is 4.39 Å². The van der Waals surface area contributed by atoms with E-state index in [-0.39, 0.29) is 18.1 Å². The standard InChI is InChI=1S/C25H24FN3O/c1-16-4-7-19(8-5-16)14-27-24(30)13-22-25(20-9-10-21(26)18(3)12-20)28-23-11-6-17(2)15-29(22)23/h4-12,15H,13-14H2,1-3H3,(H,27,30). The molecule has 0 aliphatic heterocycles. The van der Waals surface area contributed by atoms with Gasteiger partial charge in [0.05, 0.1) is 17.8 Å². The number of rotatable bonds is 5. The highest BCUT2D eigenvalue weighted by molar-refractivity contribution is 5.81. The summed E-state index contributed by atoms with van der Waals surface area (Å²) in [5.41, 5.74) is 6.92. The Kier molecular flexibility index (Phi) is 5.36. The van der Waals surface area contributed by atoms with Gasteiger partial charge in [-0.25, -0.2) is 9.37 Å². The average Bonchev–Trinajstić information content (AvgIpc) is 3.07. The van der Waals surface area contributed by atoms with Gasteiger partial charge in [-0.15, -0.1) is 0 Å². The number of fused-ring (bicyclic) bond motifs is 1. The maximum absolute atomic E-state index is 13.8. The minimum atomic E-state index is -0.254. The molecule has 0 fully saturated rings. The lowest BCUT2D eigenvalue weighted by Crippen LogP contribution is -2.25. The molecule has 0 bridgehead atoms. The van der Waals surface area contributed by atoms with Crippen molar-refractivity contribution in [3.63, 3.8) is 0 Å². The Labute approximate surface area is 175 Å². The van der Waals surface area contributed by atoms with E-state index in [4.69, 9.17) is 4.98 Å². The first kappa shape index (κ1) is 19.8. The highest BCUT2D eigenvalue weighted by Crippen LogP contribution is 2.27. The number of carbonyl (C=O) groups is 1. The van der Waals surface area contributed by atoms with Gasteiger partial charge in [-0.2, -0.15) is 0 Å². The third-order valence-corrected chi connectivity index (χ3v) is 5.24. The summed E-state index contributed by atoms with van der Waals surface area (Å²) >= 11 is 0.